The molecule has 0 nitrogen and oxygen atoms in total. The smallest absolute Gasteiger partial charge is 0.0323 e. The van der Waals surface area contributed by atoms with E-state index in [9.17, 15) is 0 Å². The zero-order valence-electron chi connectivity index (χ0n) is 10.3. The van der Waals surface area contributed by atoms with Crippen LogP contribution in [0.25, 0.3) is 0 Å². The van der Waals surface area contributed by atoms with Crippen LogP contribution >= 0.6 is 0 Å². The molecule has 1 rings (SSSR count). The first kappa shape index (κ1) is 11.8. The van der Waals surface area contributed by atoms with E-state index in [1.807, 2.05) is 0 Å². The van der Waals surface area contributed by atoms with Gasteiger partial charge in [-0.15, -0.1) is 6.58 Å². The maximum Gasteiger partial charge on any atom is -0.0323 e. The molecule has 0 heterocycles. The first-order chi connectivity index (χ1) is 6.50. The minimum Gasteiger partial charge on any atom is -0.100 e. The summed E-state index contributed by atoms with van der Waals surface area (Å²) < 4.78 is 0. The van der Waals surface area contributed by atoms with Crippen molar-refractivity contribution in [1.29, 1.82) is 0 Å². The fraction of sp³-hybridized carbons (Fsp3) is 0.857. The molecular formula is C14H26. The van der Waals surface area contributed by atoms with Gasteiger partial charge in [0.1, 0.15) is 0 Å². The first-order valence-corrected chi connectivity index (χ1v) is 6.15. The maximum absolute atomic E-state index is 4.00. The van der Waals surface area contributed by atoms with Crippen molar-refractivity contribution >= 4 is 0 Å². The topological polar surface area (TPSA) is 0 Å². The molecule has 0 aliphatic heterocycles. The Balaban J connectivity index is 2.40. The summed E-state index contributed by atoms with van der Waals surface area (Å²) in [6.07, 6.45) is 5.47. The minimum absolute atomic E-state index is 0.931. The van der Waals surface area contributed by atoms with Crippen molar-refractivity contribution in [3.05, 3.63) is 12.2 Å². The number of hydrogen-bond donors (Lipinski definition) is 0. The third-order valence-corrected chi connectivity index (χ3v) is 4.14. The second kappa shape index (κ2) is 5.00. The number of rotatable bonds is 3. The van der Waals surface area contributed by atoms with Crippen LogP contribution in [0.1, 0.15) is 53.4 Å². The van der Waals surface area contributed by atoms with Gasteiger partial charge in [0.25, 0.3) is 0 Å². The van der Waals surface area contributed by atoms with Crippen LogP contribution in [0.3, 0.4) is 0 Å². The van der Waals surface area contributed by atoms with Crippen LogP contribution < -0.4 is 0 Å². The largest absolute Gasteiger partial charge is 0.100 e. The van der Waals surface area contributed by atoms with Crippen LogP contribution in [0.15, 0.2) is 12.2 Å². The van der Waals surface area contributed by atoms with Gasteiger partial charge in [0.05, 0.1) is 0 Å². The van der Waals surface area contributed by atoms with E-state index in [0.717, 1.165) is 23.7 Å². The number of hydrogen-bond acceptors (Lipinski definition) is 0. The van der Waals surface area contributed by atoms with Crippen LogP contribution in [0.5, 0.6) is 0 Å². The van der Waals surface area contributed by atoms with Gasteiger partial charge < -0.3 is 0 Å². The van der Waals surface area contributed by atoms with Crippen molar-refractivity contribution in [2.45, 2.75) is 53.4 Å². The Labute approximate surface area is 89.8 Å². The molecule has 4 unspecified atom stereocenters. The van der Waals surface area contributed by atoms with E-state index in [4.69, 9.17) is 0 Å². The normalized spacial score (nSPS) is 38.3. The third kappa shape index (κ3) is 3.15. The molecule has 0 aromatic heterocycles. The van der Waals surface area contributed by atoms with Gasteiger partial charge in [0.15, 0.2) is 0 Å². The predicted molar refractivity (Wildman–Crippen MR) is 64.3 cm³/mol. The molecule has 0 aromatic rings. The minimum atomic E-state index is 0.931. The molecule has 4 atom stereocenters. The molecule has 0 bridgehead atoms. The molecule has 0 N–H and O–H groups in total. The Bertz CT molecular complexity index is 192. The molecule has 0 saturated heterocycles. The Morgan fingerprint density at radius 2 is 1.64 bits per heavy atom. The highest BCUT2D eigenvalue weighted by Crippen LogP contribution is 2.39. The summed E-state index contributed by atoms with van der Waals surface area (Å²) in [5.74, 6) is 3.76. The quantitative estimate of drug-likeness (QED) is 0.573. The summed E-state index contributed by atoms with van der Waals surface area (Å²) in [6, 6.07) is 0. The molecule has 1 aliphatic carbocycles. The van der Waals surface area contributed by atoms with Crippen molar-refractivity contribution in [2.24, 2.45) is 23.7 Å². The molecular weight excluding hydrogens is 168 g/mol. The lowest BCUT2D eigenvalue weighted by molar-refractivity contribution is 0.137. The second-order valence-corrected chi connectivity index (χ2v) is 5.66. The predicted octanol–water partition coefficient (Wildman–Crippen LogP) is 4.66. The van der Waals surface area contributed by atoms with Crippen molar-refractivity contribution in [1.82, 2.24) is 0 Å². The van der Waals surface area contributed by atoms with Gasteiger partial charge in [-0.05, 0) is 56.3 Å². The SMILES string of the molecule is C=C(C)CCC1CC(C)C(C)CC1C. The van der Waals surface area contributed by atoms with Crippen molar-refractivity contribution < 1.29 is 0 Å². The van der Waals surface area contributed by atoms with Crippen molar-refractivity contribution in [2.75, 3.05) is 0 Å². The summed E-state index contributed by atoms with van der Waals surface area (Å²) in [4.78, 5) is 0. The van der Waals surface area contributed by atoms with Crippen LogP contribution in [-0.2, 0) is 0 Å². The highest BCUT2D eigenvalue weighted by molar-refractivity contribution is 4.90. The van der Waals surface area contributed by atoms with Crippen molar-refractivity contribution in [3.8, 4) is 0 Å². The lowest BCUT2D eigenvalue weighted by Crippen LogP contribution is -2.27. The summed E-state index contributed by atoms with van der Waals surface area (Å²) >= 11 is 0. The van der Waals surface area contributed by atoms with E-state index >= 15 is 0 Å². The van der Waals surface area contributed by atoms with Crippen LogP contribution in [-0.4, -0.2) is 0 Å². The second-order valence-electron chi connectivity index (χ2n) is 5.66. The Morgan fingerprint density at radius 3 is 2.21 bits per heavy atom. The molecule has 0 spiro atoms. The van der Waals surface area contributed by atoms with Gasteiger partial charge in [-0.25, -0.2) is 0 Å². The summed E-state index contributed by atoms with van der Waals surface area (Å²) in [5, 5.41) is 0. The van der Waals surface area contributed by atoms with E-state index in [-0.39, 0.29) is 0 Å². The maximum atomic E-state index is 4.00. The molecule has 0 radical (unpaired) electrons. The molecule has 0 amide bonds. The fourth-order valence-corrected chi connectivity index (χ4v) is 2.79. The van der Waals surface area contributed by atoms with Crippen LogP contribution in [0.2, 0.25) is 0 Å². The number of allylic oxidation sites excluding steroid dienone is 1. The molecule has 82 valence electrons. The van der Waals surface area contributed by atoms with E-state index in [1.165, 1.54) is 31.3 Å². The third-order valence-electron chi connectivity index (χ3n) is 4.14. The van der Waals surface area contributed by atoms with Gasteiger partial charge >= 0.3 is 0 Å². The van der Waals surface area contributed by atoms with Crippen molar-refractivity contribution in [3.63, 3.8) is 0 Å². The molecule has 0 aromatic carbocycles. The zero-order valence-corrected chi connectivity index (χ0v) is 10.3. The van der Waals surface area contributed by atoms with Gasteiger partial charge in [-0.2, -0.15) is 0 Å². The Hall–Kier alpha value is -0.260. The van der Waals surface area contributed by atoms with Gasteiger partial charge in [0, 0.05) is 0 Å². The van der Waals surface area contributed by atoms with E-state index < -0.39 is 0 Å². The highest BCUT2D eigenvalue weighted by Gasteiger charge is 2.29. The monoisotopic (exact) mass is 194 g/mol. The van der Waals surface area contributed by atoms with E-state index in [1.54, 1.807) is 0 Å². The summed E-state index contributed by atoms with van der Waals surface area (Å²) in [5.41, 5.74) is 1.35. The average Bonchev–Trinajstić information content (AvgIpc) is 2.09. The Morgan fingerprint density at radius 1 is 1.07 bits per heavy atom. The molecule has 14 heavy (non-hydrogen) atoms. The fourth-order valence-electron chi connectivity index (χ4n) is 2.79. The highest BCUT2D eigenvalue weighted by atomic mass is 14.3. The zero-order chi connectivity index (χ0) is 10.7. The van der Waals surface area contributed by atoms with Crippen LogP contribution in [0.4, 0.5) is 0 Å². The van der Waals surface area contributed by atoms with Gasteiger partial charge in [0.2, 0.25) is 0 Å². The van der Waals surface area contributed by atoms with Gasteiger partial charge in [-0.1, -0.05) is 26.3 Å². The lowest BCUT2D eigenvalue weighted by Gasteiger charge is -2.37. The average molecular weight is 194 g/mol. The molecule has 0 heteroatoms. The molecule has 1 fully saturated rings. The van der Waals surface area contributed by atoms with Crippen LogP contribution in [0, 0.1) is 23.7 Å². The summed E-state index contributed by atoms with van der Waals surface area (Å²) in [6.45, 7) is 13.4. The summed E-state index contributed by atoms with van der Waals surface area (Å²) in [7, 11) is 0. The van der Waals surface area contributed by atoms with Gasteiger partial charge in [-0.3, -0.25) is 0 Å². The lowest BCUT2D eigenvalue weighted by atomic mass is 9.69. The van der Waals surface area contributed by atoms with E-state index in [0.29, 0.717) is 0 Å². The first-order valence-electron chi connectivity index (χ1n) is 6.15. The van der Waals surface area contributed by atoms with E-state index in [2.05, 4.69) is 34.3 Å². The Kier molecular flexibility index (Phi) is 4.22. The molecule has 1 aliphatic rings. The standard InChI is InChI=1S/C14H26/c1-10(2)6-7-14-9-12(4)11(3)8-13(14)5/h11-14H,1,6-9H2,2-5H3. The molecule has 1 saturated carbocycles.